The highest BCUT2D eigenvalue weighted by atomic mass is 35.5. The van der Waals surface area contributed by atoms with E-state index in [1.54, 1.807) is 18.3 Å². The van der Waals surface area contributed by atoms with E-state index in [0.717, 1.165) is 11.1 Å². The topological polar surface area (TPSA) is 36.7 Å². The van der Waals surface area contributed by atoms with Gasteiger partial charge in [0.1, 0.15) is 0 Å². The molecule has 0 amide bonds. The minimum Gasteiger partial charge on any atom is -0.263 e. The summed E-state index contributed by atoms with van der Waals surface area (Å²) in [5, 5.41) is 10.2. The van der Waals surface area contributed by atoms with Crippen LogP contribution in [0.2, 0.25) is 15.1 Å². The summed E-state index contributed by atoms with van der Waals surface area (Å²) in [6, 6.07) is 7.40. The first-order chi connectivity index (χ1) is 8.65. The van der Waals surface area contributed by atoms with Gasteiger partial charge >= 0.3 is 0 Å². The zero-order chi connectivity index (χ0) is 13.1. The van der Waals surface area contributed by atoms with Gasteiger partial charge in [-0.25, -0.2) is 0 Å². The van der Waals surface area contributed by atoms with Crippen LogP contribution in [-0.2, 0) is 6.42 Å². The Morgan fingerprint density at radius 1 is 1.06 bits per heavy atom. The minimum atomic E-state index is 0.194. The lowest BCUT2D eigenvalue weighted by atomic mass is 10.0. The van der Waals surface area contributed by atoms with Gasteiger partial charge in [0.15, 0.2) is 0 Å². The van der Waals surface area contributed by atoms with Gasteiger partial charge in [-0.3, -0.25) is 4.98 Å². The van der Waals surface area contributed by atoms with E-state index in [4.69, 9.17) is 40.1 Å². The zero-order valence-electron chi connectivity index (χ0n) is 9.12. The van der Waals surface area contributed by atoms with Crippen LogP contribution in [-0.4, -0.2) is 4.98 Å². The second-order valence-corrected chi connectivity index (χ2v) is 4.78. The van der Waals surface area contributed by atoms with Gasteiger partial charge in [0, 0.05) is 23.5 Å². The third-order valence-corrected chi connectivity index (χ3v) is 3.65. The average Bonchev–Trinajstić information content (AvgIpc) is 2.36. The molecule has 2 rings (SSSR count). The molecule has 0 radical (unpaired) electrons. The minimum absolute atomic E-state index is 0.194. The number of nitrogens with zero attached hydrogens (tertiary/aromatic N) is 2. The molecule has 0 aliphatic rings. The molecule has 1 aromatic carbocycles. The summed E-state index contributed by atoms with van der Waals surface area (Å²) in [5.41, 5.74) is 2.17. The highest BCUT2D eigenvalue weighted by molar-refractivity contribution is 6.43. The summed E-state index contributed by atoms with van der Waals surface area (Å²) in [5.74, 6) is 0. The molecule has 18 heavy (non-hydrogen) atoms. The van der Waals surface area contributed by atoms with Crippen molar-refractivity contribution in [2.24, 2.45) is 0 Å². The van der Waals surface area contributed by atoms with Gasteiger partial charge in [-0.05, 0) is 11.6 Å². The molecule has 0 aliphatic carbocycles. The number of nitriles is 1. The Morgan fingerprint density at radius 3 is 2.56 bits per heavy atom. The molecule has 0 saturated carbocycles. The first-order valence-electron chi connectivity index (χ1n) is 5.09. The van der Waals surface area contributed by atoms with Crippen molar-refractivity contribution in [3.05, 3.63) is 51.2 Å². The molecule has 90 valence electrons. The fourth-order valence-corrected chi connectivity index (χ4v) is 2.29. The Kier molecular flexibility index (Phi) is 4.08. The molecule has 0 fully saturated rings. The fourth-order valence-electron chi connectivity index (χ4n) is 1.66. The summed E-state index contributed by atoms with van der Waals surface area (Å²) < 4.78 is 0. The van der Waals surface area contributed by atoms with Gasteiger partial charge in [0.25, 0.3) is 0 Å². The molecule has 0 bridgehead atoms. The van der Waals surface area contributed by atoms with Crippen LogP contribution in [0.15, 0.2) is 30.6 Å². The van der Waals surface area contributed by atoms with Crippen LogP contribution in [0.25, 0.3) is 11.1 Å². The average molecular weight is 298 g/mol. The number of hydrogen-bond acceptors (Lipinski definition) is 2. The molecule has 0 saturated heterocycles. The predicted molar refractivity (Wildman–Crippen MR) is 74.0 cm³/mol. The second-order valence-electron chi connectivity index (χ2n) is 3.58. The first kappa shape index (κ1) is 13.2. The number of pyridine rings is 1. The maximum absolute atomic E-state index is 8.85. The van der Waals surface area contributed by atoms with Gasteiger partial charge in [-0.1, -0.05) is 46.9 Å². The molecule has 1 heterocycles. The van der Waals surface area contributed by atoms with Crippen molar-refractivity contribution < 1.29 is 0 Å². The summed E-state index contributed by atoms with van der Waals surface area (Å²) in [6.07, 6.45) is 3.34. The zero-order valence-corrected chi connectivity index (χ0v) is 11.4. The molecule has 0 spiro atoms. The van der Waals surface area contributed by atoms with Crippen molar-refractivity contribution in [3.63, 3.8) is 0 Å². The standard InChI is InChI=1S/C13H7Cl3N2/c14-11-3-1-2-9(13(11)16)10-6-18-7-12(15)8(10)4-5-17/h1-3,6-7H,4H2. The van der Waals surface area contributed by atoms with Crippen molar-refractivity contribution >= 4 is 34.8 Å². The van der Waals surface area contributed by atoms with Gasteiger partial charge in [-0.2, -0.15) is 5.26 Å². The van der Waals surface area contributed by atoms with Crippen LogP contribution in [0, 0.1) is 11.3 Å². The highest BCUT2D eigenvalue weighted by Crippen LogP contribution is 2.36. The number of rotatable bonds is 2. The molecule has 2 nitrogen and oxygen atoms in total. The van der Waals surface area contributed by atoms with E-state index in [-0.39, 0.29) is 6.42 Å². The molecule has 2 aromatic rings. The molecule has 0 N–H and O–H groups in total. The number of benzene rings is 1. The lowest BCUT2D eigenvalue weighted by Crippen LogP contribution is -1.93. The van der Waals surface area contributed by atoms with Crippen LogP contribution in [0.5, 0.6) is 0 Å². The van der Waals surface area contributed by atoms with E-state index in [9.17, 15) is 0 Å². The SMILES string of the molecule is N#CCc1c(Cl)cncc1-c1cccc(Cl)c1Cl. The van der Waals surface area contributed by atoms with Crippen LogP contribution < -0.4 is 0 Å². The van der Waals surface area contributed by atoms with E-state index in [0.29, 0.717) is 20.6 Å². The summed E-state index contributed by atoms with van der Waals surface area (Å²) in [4.78, 5) is 4.03. The Morgan fingerprint density at radius 2 is 1.83 bits per heavy atom. The molecular formula is C13H7Cl3N2. The Hall–Kier alpha value is -1.27. The van der Waals surface area contributed by atoms with Gasteiger partial charge in [0.05, 0.1) is 27.6 Å². The number of aromatic nitrogens is 1. The van der Waals surface area contributed by atoms with Crippen molar-refractivity contribution in [1.29, 1.82) is 5.26 Å². The largest absolute Gasteiger partial charge is 0.263 e. The summed E-state index contributed by atoms with van der Waals surface area (Å²) in [7, 11) is 0. The van der Waals surface area contributed by atoms with Crippen LogP contribution in [0.4, 0.5) is 0 Å². The summed E-state index contributed by atoms with van der Waals surface area (Å²) in [6.45, 7) is 0. The maximum atomic E-state index is 8.85. The van der Waals surface area contributed by atoms with Crippen molar-refractivity contribution in [2.75, 3.05) is 0 Å². The lowest BCUT2D eigenvalue weighted by molar-refractivity contribution is 1.21. The third-order valence-electron chi connectivity index (χ3n) is 2.50. The molecule has 1 aromatic heterocycles. The third kappa shape index (κ3) is 2.44. The Bertz CT molecular complexity index is 633. The monoisotopic (exact) mass is 296 g/mol. The van der Waals surface area contributed by atoms with Gasteiger partial charge < -0.3 is 0 Å². The van der Waals surface area contributed by atoms with Gasteiger partial charge in [0.2, 0.25) is 0 Å². The van der Waals surface area contributed by atoms with Crippen LogP contribution >= 0.6 is 34.8 Å². The first-order valence-corrected chi connectivity index (χ1v) is 6.22. The van der Waals surface area contributed by atoms with Crippen molar-refractivity contribution in [3.8, 4) is 17.2 Å². The van der Waals surface area contributed by atoms with Crippen molar-refractivity contribution in [1.82, 2.24) is 4.98 Å². The second kappa shape index (κ2) is 5.58. The number of halogens is 3. The van der Waals surface area contributed by atoms with E-state index in [1.165, 1.54) is 6.20 Å². The number of hydrogen-bond donors (Lipinski definition) is 0. The van der Waals surface area contributed by atoms with E-state index in [2.05, 4.69) is 11.1 Å². The van der Waals surface area contributed by atoms with Crippen molar-refractivity contribution in [2.45, 2.75) is 6.42 Å². The molecular weight excluding hydrogens is 291 g/mol. The van der Waals surface area contributed by atoms with Crippen LogP contribution in [0.3, 0.4) is 0 Å². The van der Waals surface area contributed by atoms with E-state index in [1.807, 2.05) is 6.07 Å². The highest BCUT2D eigenvalue weighted by Gasteiger charge is 2.13. The fraction of sp³-hybridized carbons (Fsp3) is 0.0769. The molecule has 0 atom stereocenters. The molecule has 5 heteroatoms. The van der Waals surface area contributed by atoms with E-state index >= 15 is 0 Å². The normalized spacial score (nSPS) is 10.1. The van der Waals surface area contributed by atoms with Crippen LogP contribution in [0.1, 0.15) is 5.56 Å². The predicted octanol–water partition coefficient (Wildman–Crippen LogP) is 4.77. The smallest absolute Gasteiger partial charge is 0.0671 e. The molecule has 0 unspecified atom stereocenters. The summed E-state index contributed by atoms with van der Waals surface area (Å²) >= 11 is 18.2. The Labute approximate surface area is 120 Å². The Balaban J connectivity index is 2.68. The van der Waals surface area contributed by atoms with Gasteiger partial charge in [-0.15, -0.1) is 0 Å². The quantitative estimate of drug-likeness (QED) is 0.800. The molecule has 0 aliphatic heterocycles. The maximum Gasteiger partial charge on any atom is 0.0671 e. The van der Waals surface area contributed by atoms with E-state index < -0.39 is 0 Å². The lowest BCUT2D eigenvalue weighted by Gasteiger charge is -2.10.